The summed E-state index contributed by atoms with van der Waals surface area (Å²) in [5.41, 5.74) is 12.5. The van der Waals surface area contributed by atoms with Crippen LogP contribution in [0.4, 0.5) is 4.39 Å². The zero-order valence-corrected chi connectivity index (χ0v) is 11.4. The van der Waals surface area contributed by atoms with Crippen LogP contribution in [0.15, 0.2) is 18.2 Å². The molecule has 4 N–H and O–H groups in total. The molecule has 0 amide bonds. The van der Waals surface area contributed by atoms with Crippen LogP contribution in [0.1, 0.15) is 45.2 Å². The number of ether oxygens (including phenoxy) is 1. The van der Waals surface area contributed by atoms with Crippen molar-refractivity contribution in [1.82, 2.24) is 0 Å². The van der Waals surface area contributed by atoms with Gasteiger partial charge in [0.15, 0.2) is 11.6 Å². The number of nitrogens with two attached hydrogens (primary N) is 2. The number of rotatable bonds is 6. The molecule has 0 radical (unpaired) electrons. The van der Waals surface area contributed by atoms with Crippen LogP contribution in [0.25, 0.3) is 0 Å². The molecule has 0 aliphatic carbocycles. The maximum atomic E-state index is 13.7. The van der Waals surface area contributed by atoms with Crippen LogP contribution in [-0.4, -0.2) is 12.1 Å². The third-order valence-corrected chi connectivity index (χ3v) is 2.78. The molecule has 1 rings (SSSR count). The summed E-state index contributed by atoms with van der Waals surface area (Å²) in [6, 6.07) is 4.68. The maximum Gasteiger partial charge on any atom is 0.165 e. The predicted molar refractivity (Wildman–Crippen MR) is 72.0 cm³/mol. The first-order chi connectivity index (χ1) is 8.33. The van der Waals surface area contributed by atoms with Crippen LogP contribution in [-0.2, 0) is 0 Å². The lowest BCUT2D eigenvalue weighted by atomic mass is 9.94. The molecule has 1 aromatic carbocycles. The number of hydrogen-bond acceptors (Lipinski definition) is 3. The van der Waals surface area contributed by atoms with E-state index in [4.69, 9.17) is 16.2 Å². The van der Waals surface area contributed by atoms with Crippen molar-refractivity contribution in [3.05, 3.63) is 29.6 Å². The van der Waals surface area contributed by atoms with E-state index in [1.165, 1.54) is 6.07 Å². The van der Waals surface area contributed by atoms with Crippen molar-refractivity contribution < 1.29 is 9.13 Å². The lowest BCUT2D eigenvalue weighted by Gasteiger charge is -2.21. The first kappa shape index (κ1) is 14.9. The van der Waals surface area contributed by atoms with Gasteiger partial charge in [-0.3, -0.25) is 0 Å². The number of hydrogen-bond donors (Lipinski definition) is 2. The zero-order valence-electron chi connectivity index (χ0n) is 11.4. The molecule has 18 heavy (non-hydrogen) atoms. The van der Waals surface area contributed by atoms with Gasteiger partial charge < -0.3 is 16.2 Å². The van der Waals surface area contributed by atoms with Crippen molar-refractivity contribution in [3.8, 4) is 5.75 Å². The van der Waals surface area contributed by atoms with E-state index in [1.807, 2.05) is 26.8 Å². The summed E-state index contributed by atoms with van der Waals surface area (Å²) in [6.45, 7) is 6.18. The fourth-order valence-corrected chi connectivity index (χ4v) is 1.71. The molecule has 1 atom stereocenters. The van der Waals surface area contributed by atoms with Gasteiger partial charge in [0.25, 0.3) is 0 Å². The highest BCUT2D eigenvalue weighted by molar-refractivity contribution is 5.31. The van der Waals surface area contributed by atoms with Crippen LogP contribution in [0.5, 0.6) is 5.75 Å². The lowest BCUT2D eigenvalue weighted by molar-refractivity contribution is 0.321. The molecule has 0 aliphatic heterocycles. The minimum absolute atomic E-state index is 0.196. The molecule has 0 bridgehead atoms. The molecule has 0 saturated heterocycles. The molecule has 0 fully saturated rings. The Bertz CT molecular complexity index is 388. The average Bonchev–Trinajstić information content (AvgIpc) is 2.28. The Morgan fingerprint density at radius 2 is 2.06 bits per heavy atom. The van der Waals surface area contributed by atoms with Crippen LogP contribution in [0.3, 0.4) is 0 Å². The second-order valence-corrected chi connectivity index (χ2v) is 5.26. The Morgan fingerprint density at radius 3 is 2.56 bits per heavy atom. The van der Waals surface area contributed by atoms with Gasteiger partial charge in [-0.25, -0.2) is 4.39 Å². The summed E-state index contributed by atoms with van der Waals surface area (Å²) in [4.78, 5) is 0. The molecule has 0 saturated carbocycles. The fourth-order valence-electron chi connectivity index (χ4n) is 1.71. The van der Waals surface area contributed by atoms with Gasteiger partial charge in [0.2, 0.25) is 0 Å². The van der Waals surface area contributed by atoms with Gasteiger partial charge in [0, 0.05) is 11.6 Å². The first-order valence-electron chi connectivity index (χ1n) is 6.30. The molecule has 102 valence electrons. The summed E-state index contributed by atoms with van der Waals surface area (Å²) in [7, 11) is 0. The first-order valence-corrected chi connectivity index (χ1v) is 6.30. The molecule has 1 unspecified atom stereocenters. The van der Waals surface area contributed by atoms with Crippen molar-refractivity contribution in [2.45, 2.75) is 45.2 Å². The van der Waals surface area contributed by atoms with Gasteiger partial charge >= 0.3 is 0 Å². The largest absolute Gasteiger partial charge is 0.491 e. The summed E-state index contributed by atoms with van der Waals surface area (Å²) in [5.74, 6) is -0.0931. The monoisotopic (exact) mass is 254 g/mol. The van der Waals surface area contributed by atoms with E-state index in [-0.39, 0.29) is 23.1 Å². The van der Waals surface area contributed by atoms with Gasteiger partial charge in [0.1, 0.15) is 0 Å². The van der Waals surface area contributed by atoms with Gasteiger partial charge in [-0.05, 0) is 51.3 Å². The van der Waals surface area contributed by atoms with Gasteiger partial charge in [-0.1, -0.05) is 6.07 Å². The Balaban J connectivity index is 2.69. The predicted octanol–water partition coefficient (Wildman–Crippen LogP) is 2.74. The normalized spacial score (nSPS) is 13.4. The Kier molecular flexibility index (Phi) is 5.11. The summed E-state index contributed by atoms with van der Waals surface area (Å²) < 4.78 is 18.8. The molecular formula is C14H23FN2O. The van der Waals surface area contributed by atoms with Crippen molar-refractivity contribution >= 4 is 0 Å². The van der Waals surface area contributed by atoms with Gasteiger partial charge in [-0.2, -0.15) is 0 Å². The minimum atomic E-state index is -0.364. The van der Waals surface area contributed by atoms with Crippen LogP contribution in [0, 0.1) is 5.82 Å². The zero-order chi connectivity index (χ0) is 13.8. The Morgan fingerprint density at radius 1 is 1.39 bits per heavy atom. The Labute approximate surface area is 108 Å². The van der Waals surface area contributed by atoms with E-state index in [2.05, 4.69) is 0 Å². The third-order valence-electron chi connectivity index (χ3n) is 2.78. The molecule has 3 nitrogen and oxygen atoms in total. The van der Waals surface area contributed by atoms with Crippen molar-refractivity contribution in [3.63, 3.8) is 0 Å². The quantitative estimate of drug-likeness (QED) is 0.820. The standard InChI is InChI=1S/C14H23FN2O/c1-4-18-13-6-5-10(9-11(13)15)12(16)7-8-14(2,3)17/h5-6,9,12H,4,7-8,16-17H2,1-3H3. The number of halogens is 1. The van der Waals surface area contributed by atoms with E-state index in [0.29, 0.717) is 6.61 Å². The summed E-state index contributed by atoms with van der Waals surface area (Å²) in [6.07, 6.45) is 1.53. The van der Waals surface area contributed by atoms with E-state index < -0.39 is 0 Å². The highest BCUT2D eigenvalue weighted by Gasteiger charge is 2.15. The Hall–Kier alpha value is -1.13. The molecule has 1 aromatic rings. The third kappa shape index (κ3) is 4.63. The highest BCUT2D eigenvalue weighted by Crippen LogP contribution is 2.24. The summed E-state index contributed by atoms with van der Waals surface area (Å²) >= 11 is 0. The molecule has 0 aliphatic rings. The van der Waals surface area contributed by atoms with Gasteiger partial charge in [0.05, 0.1) is 6.61 Å². The van der Waals surface area contributed by atoms with E-state index in [0.717, 1.165) is 18.4 Å². The molecule has 0 aromatic heterocycles. The maximum absolute atomic E-state index is 13.7. The van der Waals surface area contributed by atoms with Crippen LogP contribution < -0.4 is 16.2 Å². The van der Waals surface area contributed by atoms with Crippen LogP contribution in [0.2, 0.25) is 0 Å². The van der Waals surface area contributed by atoms with Crippen LogP contribution >= 0.6 is 0 Å². The summed E-state index contributed by atoms with van der Waals surface area (Å²) in [5, 5.41) is 0. The van der Waals surface area contributed by atoms with Crippen molar-refractivity contribution in [1.29, 1.82) is 0 Å². The topological polar surface area (TPSA) is 61.3 Å². The lowest BCUT2D eigenvalue weighted by Crippen LogP contribution is -2.32. The minimum Gasteiger partial charge on any atom is -0.491 e. The number of benzene rings is 1. The second-order valence-electron chi connectivity index (χ2n) is 5.26. The van der Waals surface area contributed by atoms with E-state index in [9.17, 15) is 4.39 Å². The average molecular weight is 254 g/mol. The smallest absolute Gasteiger partial charge is 0.165 e. The molecule has 0 spiro atoms. The molecular weight excluding hydrogens is 231 g/mol. The van der Waals surface area contributed by atoms with Gasteiger partial charge in [-0.15, -0.1) is 0 Å². The van der Waals surface area contributed by atoms with Crippen molar-refractivity contribution in [2.24, 2.45) is 11.5 Å². The van der Waals surface area contributed by atoms with E-state index >= 15 is 0 Å². The van der Waals surface area contributed by atoms with Crippen molar-refractivity contribution in [2.75, 3.05) is 6.61 Å². The second kappa shape index (κ2) is 6.16. The molecule has 4 heteroatoms. The SMILES string of the molecule is CCOc1ccc(C(N)CCC(C)(C)N)cc1F. The highest BCUT2D eigenvalue weighted by atomic mass is 19.1. The molecule has 0 heterocycles. The fraction of sp³-hybridized carbons (Fsp3) is 0.571. The van der Waals surface area contributed by atoms with E-state index in [1.54, 1.807) is 6.07 Å².